The third-order valence-electron chi connectivity index (χ3n) is 5.02. The zero-order valence-corrected chi connectivity index (χ0v) is 20.2. The van der Waals surface area contributed by atoms with Crippen molar-refractivity contribution in [1.82, 2.24) is 4.98 Å². The molecular formula is C23H29N3O3S2. The Morgan fingerprint density at radius 3 is 2.68 bits per heavy atom. The molecule has 0 atom stereocenters. The number of anilines is 2. The minimum absolute atomic E-state index is 0.225. The highest BCUT2D eigenvalue weighted by atomic mass is 32.2. The van der Waals surface area contributed by atoms with Gasteiger partial charge in [-0.2, -0.15) is 0 Å². The summed E-state index contributed by atoms with van der Waals surface area (Å²) in [6.45, 7) is 4.48. The third-order valence-corrected chi connectivity index (χ3v) is 7.06. The van der Waals surface area contributed by atoms with Crippen molar-refractivity contribution in [2.24, 2.45) is 10.9 Å². The number of ether oxygens (including phenoxy) is 1. The van der Waals surface area contributed by atoms with Crippen LogP contribution in [0, 0.1) is 5.92 Å². The van der Waals surface area contributed by atoms with Crippen molar-refractivity contribution < 1.29 is 13.2 Å². The molecule has 0 radical (unpaired) electrons. The van der Waals surface area contributed by atoms with Gasteiger partial charge in [-0.1, -0.05) is 37.7 Å². The van der Waals surface area contributed by atoms with E-state index in [0.717, 1.165) is 28.6 Å². The average molecular weight is 460 g/mol. The van der Waals surface area contributed by atoms with E-state index in [0.29, 0.717) is 22.5 Å². The highest BCUT2D eigenvalue weighted by molar-refractivity contribution is 7.90. The molecule has 1 heterocycles. The number of nitrogens with one attached hydrogen (secondary N) is 1. The zero-order chi connectivity index (χ0) is 22.6. The van der Waals surface area contributed by atoms with E-state index in [4.69, 9.17) is 9.72 Å². The summed E-state index contributed by atoms with van der Waals surface area (Å²) in [4.78, 5) is 9.29. The van der Waals surface area contributed by atoms with Gasteiger partial charge in [0, 0.05) is 25.1 Å². The van der Waals surface area contributed by atoms with E-state index in [1.54, 1.807) is 26.3 Å². The molecule has 6 nitrogen and oxygen atoms in total. The van der Waals surface area contributed by atoms with E-state index in [2.05, 4.69) is 36.3 Å². The van der Waals surface area contributed by atoms with Gasteiger partial charge in [0.25, 0.3) is 0 Å². The molecule has 0 amide bonds. The molecule has 1 aromatic heterocycles. The van der Waals surface area contributed by atoms with Gasteiger partial charge in [0.1, 0.15) is 5.75 Å². The smallest absolute Gasteiger partial charge is 0.188 e. The van der Waals surface area contributed by atoms with E-state index >= 15 is 0 Å². The van der Waals surface area contributed by atoms with E-state index in [1.165, 1.54) is 35.6 Å². The number of aromatic nitrogens is 1. The maximum Gasteiger partial charge on any atom is 0.188 e. The maximum absolute atomic E-state index is 12.0. The molecule has 0 saturated carbocycles. The van der Waals surface area contributed by atoms with Crippen LogP contribution in [0.15, 0.2) is 40.2 Å². The van der Waals surface area contributed by atoms with Crippen LogP contribution in [0.5, 0.6) is 5.75 Å². The fraction of sp³-hybridized carbons (Fsp3) is 0.391. The number of benzene rings is 2. The molecule has 0 saturated heterocycles. The number of nitrogens with zero attached hydrogens (tertiary/aromatic N) is 2. The Hall–Kier alpha value is -2.45. The summed E-state index contributed by atoms with van der Waals surface area (Å²) in [5.41, 5.74) is 3.75. The van der Waals surface area contributed by atoms with Crippen LogP contribution < -0.4 is 10.1 Å². The van der Waals surface area contributed by atoms with Gasteiger partial charge >= 0.3 is 0 Å². The summed E-state index contributed by atoms with van der Waals surface area (Å²) in [7, 11) is -0.0105. The number of aryl methyl sites for hydroxylation is 1. The average Bonchev–Trinajstić information content (AvgIpc) is 3.11. The van der Waals surface area contributed by atoms with Crippen LogP contribution in [-0.4, -0.2) is 40.0 Å². The first-order chi connectivity index (χ1) is 14.7. The second kappa shape index (κ2) is 9.78. The lowest BCUT2D eigenvalue weighted by Crippen LogP contribution is -2.00. The standard InChI is InChI=1S/C23H29N3O3S2/c1-15(2)7-6-8-16-9-12-21-22(18(16)14-24-3)26-23(30-21)25-19-13-17(31(5,27)28)10-11-20(19)29-4/h9-15H,6-8H2,1-5H3,(H,25,26). The Morgan fingerprint density at radius 2 is 2.03 bits per heavy atom. The Bertz CT molecular complexity index is 1200. The SMILES string of the molecule is CN=Cc1c(CCCC(C)C)ccc2sc(Nc3cc(S(C)(=O)=O)ccc3OC)nc12. The molecule has 31 heavy (non-hydrogen) atoms. The van der Waals surface area contributed by atoms with Gasteiger partial charge in [-0.15, -0.1) is 0 Å². The van der Waals surface area contributed by atoms with Gasteiger partial charge in [0.15, 0.2) is 15.0 Å². The number of rotatable bonds is 9. The number of hydrogen-bond donors (Lipinski definition) is 1. The molecule has 0 unspecified atom stereocenters. The molecule has 0 aliphatic carbocycles. The summed E-state index contributed by atoms with van der Waals surface area (Å²) in [6, 6.07) is 9.02. The van der Waals surface area contributed by atoms with Gasteiger partial charge in [0.2, 0.25) is 0 Å². The van der Waals surface area contributed by atoms with Crippen LogP contribution in [0.2, 0.25) is 0 Å². The summed E-state index contributed by atoms with van der Waals surface area (Å²) < 4.78 is 30.4. The Labute approximate surface area is 188 Å². The first kappa shape index (κ1) is 23.2. The highest BCUT2D eigenvalue weighted by Crippen LogP contribution is 2.35. The lowest BCUT2D eigenvalue weighted by atomic mass is 9.98. The van der Waals surface area contributed by atoms with E-state index in [-0.39, 0.29) is 4.90 Å². The summed E-state index contributed by atoms with van der Waals surface area (Å²) in [6.07, 6.45) is 6.36. The van der Waals surface area contributed by atoms with Gasteiger partial charge < -0.3 is 10.1 Å². The van der Waals surface area contributed by atoms with E-state index < -0.39 is 9.84 Å². The second-order valence-electron chi connectivity index (χ2n) is 7.94. The molecule has 0 fully saturated rings. The summed E-state index contributed by atoms with van der Waals surface area (Å²) >= 11 is 1.51. The van der Waals surface area contributed by atoms with Crippen molar-refractivity contribution in [3.63, 3.8) is 0 Å². The first-order valence-corrected chi connectivity index (χ1v) is 12.9. The lowest BCUT2D eigenvalue weighted by Gasteiger charge is -2.10. The van der Waals surface area contributed by atoms with Gasteiger partial charge in [-0.05, 0) is 48.6 Å². The maximum atomic E-state index is 12.0. The Kier molecular flexibility index (Phi) is 7.33. The predicted octanol–water partition coefficient (Wildman–Crippen LogP) is 5.48. The Balaban J connectivity index is 1.98. The number of sulfone groups is 1. The molecule has 166 valence electrons. The number of hydrogen-bond acceptors (Lipinski definition) is 7. The largest absolute Gasteiger partial charge is 0.495 e. The second-order valence-corrected chi connectivity index (χ2v) is 11.0. The van der Waals surface area contributed by atoms with Crippen LogP contribution in [-0.2, 0) is 16.3 Å². The lowest BCUT2D eigenvalue weighted by molar-refractivity contribution is 0.416. The minimum Gasteiger partial charge on any atom is -0.495 e. The van der Waals surface area contributed by atoms with Crippen molar-refractivity contribution in [1.29, 1.82) is 0 Å². The molecule has 3 rings (SSSR count). The van der Waals surface area contributed by atoms with Crippen LogP contribution in [0.25, 0.3) is 10.2 Å². The first-order valence-electron chi connectivity index (χ1n) is 10.2. The molecule has 0 aliphatic rings. The third kappa shape index (κ3) is 5.62. The normalized spacial score (nSPS) is 12.2. The van der Waals surface area contributed by atoms with Gasteiger partial charge in [-0.25, -0.2) is 13.4 Å². The monoisotopic (exact) mass is 459 g/mol. The molecule has 2 aromatic carbocycles. The van der Waals surface area contributed by atoms with Crippen molar-refractivity contribution in [3.05, 3.63) is 41.5 Å². The van der Waals surface area contributed by atoms with Crippen molar-refractivity contribution in [2.75, 3.05) is 25.7 Å². The van der Waals surface area contributed by atoms with Crippen LogP contribution >= 0.6 is 11.3 Å². The van der Waals surface area contributed by atoms with E-state index in [9.17, 15) is 8.42 Å². The topological polar surface area (TPSA) is 80.7 Å². The van der Waals surface area contributed by atoms with Crippen molar-refractivity contribution >= 4 is 48.4 Å². The molecule has 3 aromatic rings. The number of aliphatic imine (C=N–C) groups is 1. The fourth-order valence-electron chi connectivity index (χ4n) is 3.43. The van der Waals surface area contributed by atoms with Gasteiger partial charge in [0.05, 0.1) is 27.9 Å². The molecule has 0 bridgehead atoms. The summed E-state index contributed by atoms with van der Waals surface area (Å²) in [5.74, 6) is 1.23. The summed E-state index contributed by atoms with van der Waals surface area (Å²) in [5, 5.41) is 3.92. The fourth-order valence-corrected chi connectivity index (χ4v) is 4.97. The minimum atomic E-state index is -3.33. The predicted molar refractivity (Wildman–Crippen MR) is 130 cm³/mol. The zero-order valence-electron chi connectivity index (χ0n) is 18.6. The molecule has 1 N–H and O–H groups in total. The number of methoxy groups -OCH3 is 1. The van der Waals surface area contributed by atoms with Crippen molar-refractivity contribution in [2.45, 2.75) is 38.0 Å². The molecule has 0 spiro atoms. The molecule has 0 aliphatic heterocycles. The van der Waals surface area contributed by atoms with E-state index in [1.807, 2.05) is 6.21 Å². The molecular weight excluding hydrogens is 430 g/mol. The number of fused-ring (bicyclic) bond motifs is 1. The quantitative estimate of drug-likeness (QED) is 0.429. The van der Waals surface area contributed by atoms with Crippen LogP contribution in [0.3, 0.4) is 0 Å². The number of thiazole rings is 1. The molecule has 8 heteroatoms. The van der Waals surface area contributed by atoms with Crippen molar-refractivity contribution in [3.8, 4) is 5.75 Å². The highest BCUT2D eigenvalue weighted by Gasteiger charge is 2.15. The van der Waals surface area contributed by atoms with Crippen LogP contribution in [0.4, 0.5) is 10.8 Å². The Morgan fingerprint density at radius 1 is 1.26 bits per heavy atom. The van der Waals surface area contributed by atoms with Crippen LogP contribution in [0.1, 0.15) is 37.8 Å². The van der Waals surface area contributed by atoms with Gasteiger partial charge in [-0.3, -0.25) is 4.99 Å².